The fraction of sp³-hybridized carbons (Fsp3) is 0.231. The van der Waals surface area contributed by atoms with E-state index in [0.717, 1.165) is 18.2 Å². The minimum atomic E-state index is -4.23. The number of ether oxygens (including phenoxy) is 1. The van der Waals surface area contributed by atoms with Gasteiger partial charge in [0.25, 0.3) is 15.6 Å². The van der Waals surface area contributed by atoms with Crippen LogP contribution in [0.4, 0.5) is 10.1 Å². The van der Waals surface area contributed by atoms with Gasteiger partial charge in [-0.1, -0.05) is 24.6 Å². The summed E-state index contributed by atoms with van der Waals surface area (Å²) >= 11 is 5.96. The third-order valence-corrected chi connectivity index (χ3v) is 8.01. The van der Waals surface area contributed by atoms with Crippen LogP contribution in [0.3, 0.4) is 0 Å². The summed E-state index contributed by atoms with van der Waals surface area (Å²) in [6.45, 7) is 2.04. The van der Waals surface area contributed by atoms with Crippen molar-refractivity contribution in [2.75, 3.05) is 18.9 Å². The number of carbonyl (C=O) groups is 1. The van der Waals surface area contributed by atoms with Crippen LogP contribution in [-0.2, 0) is 21.4 Å². The average molecular weight is 574 g/mol. The van der Waals surface area contributed by atoms with E-state index in [4.69, 9.17) is 16.3 Å². The Morgan fingerprint density at radius 3 is 2.59 bits per heavy atom. The van der Waals surface area contributed by atoms with Gasteiger partial charge in [-0.05, 0) is 48.4 Å². The summed E-state index contributed by atoms with van der Waals surface area (Å²) in [5.74, 6) is -1.25. The number of fused-ring (bicyclic) bond motifs is 1. The molecule has 0 bridgehead atoms. The SMILES string of the molecule is CC[C@H](Cn1cnc2ccc(-c3cnc(OC)c(NS(=O)(=O)c4ccc(F)cc4Cl)c3)cc2c1=O)C(=O)NC. The molecule has 0 saturated carbocycles. The highest BCUT2D eigenvalue weighted by atomic mass is 35.5. The standard InChI is InChI=1S/C26H25ClFN5O5S/c1-4-15(24(34)29-2)13-33-14-31-21-7-5-16(9-19(21)26(33)35)17-10-22(25(38-3)30-12-17)32-39(36,37)23-8-6-18(28)11-20(23)27/h5-12,14-15,32H,4,13H2,1-3H3,(H,29,34)/t15-/m1/s1. The second kappa shape index (κ2) is 11.4. The molecule has 0 aliphatic rings. The summed E-state index contributed by atoms with van der Waals surface area (Å²) in [5.41, 5.74) is 1.19. The van der Waals surface area contributed by atoms with Crippen molar-refractivity contribution < 1.29 is 22.3 Å². The van der Waals surface area contributed by atoms with Crippen LogP contribution >= 0.6 is 11.6 Å². The lowest BCUT2D eigenvalue weighted by Crippen LogP contribution is -2.33. The van der Waals surface area contributed by atoms with Gasteiger partial charge in [-0.15, -0.1) is 0 Å². The molecular weight excluding hydrogens is 549 g/mol. The molecule has 0 aliphatic heterocycles. The predicted molar refractivity (Wildman–Crippen MR) is 146 cm³/mol. The molecule has 2 N–H and O–H groups in total. The van der Waals surface area contributed by atoms with Crippen LogP contribution in [0.25, 0.3) is 22.0 Å². The maximum atomic E-state index is 13.4. The third kappa shape index (κ3) is 5.86. The number of benzene rings is 2. The molecule has 0 spiro atoms. The summed E-state index contributed by atoms with van der Waals surface area (Å²) in [6, 6.07) is 9.44. The Hall–Kier alpha value is -4.03. The normalized spacial score (nSPS) is 12.2. The van der Waals surface area contributed by atoms with Crippen molar-refractivity contribution in [3.05, 3.63) is 76.2 Å². The van der Waals surface area contributed by atoms with Crippen LogP contribution in [0.2, 0.25) is 5.02 Å². The van der Waals surface area contributed by atoms with Crippen molar-refractivity contribution in [1.29, 1.82) is 0 Å². The third-order valence-electron chi connectivity index (χ3n) is 6.16. The van der Waals surface area contributed by atoms with Crippen molar-refractivity contribution in [1.82, 2.24) is 19.9 Å². The number of methoxy groups -OCH3 is 1. The summed E-state index contributed by atoms with van der Waals surface area (Å²) < 4.78 is 48.5. The summed E-state index contributed by atoms with van der Waals surface area (Å²) in [7, 11) is -1.35. The number of nitrogens with zero attached hydrogens (tertiary/aromatic N) is 3. The van der Waals surface area contributed by atoms with Crippen LogP contribution in [0.5, 0.6) is 5.88 Å². The Bertz CT molecular complexity index is 1730. The molecule has 13 heteroatoms. The molecule has 1 atom stereocenters. The first-order valence-electron chi connectivity index (χ1n) is 11.8. The molecule has 10 nitrogen and oxygen atoms in total. The number of nitrogens with one attached hydrogen (secondary N) is 2. The molecule has 204 valence electrons. The van der Waals surface area contributed by atoms with Gasteiger partial charge in [-0.3, -0.25) is 18.9 Å². The van der Waals surface area contributed by atoms with Gasteiger partial charge in [-0.2, -0.15) is 0 Å². The van der Waals surface area contributed by atoms with E-state index in [9.17, 15) is 22.4 Å². The van der Waals surface area contributed by atoms with Crippen molar-refractivity contribution in [2.45, 2.75) is 24.8 Å². The van der Waals surface area contributed by atoms with E-state index in [1.807, 2.05) is 6.92 Å². The lowest BCUT2D eigenvalue weighted by molar-refractivity contribution is -0.125. The van der Waals surface area contributed by atoms with Gasteiger partial charge >= 0.3 is 0 Å². The Morgan fingerprint density at radius 1 is 1.15 bits per heavy atom. The Labute approximate surface area is 228 Å². The van der Waals surface area contributed by atoms with Gasteiger partial charge in [0.05, 0.1) is 35.3 Å². The number of hydrogen-bond donors (Lipinski definition) is 2. The van der Waals surface area contributed by atoms with E-state index < -0.39 is 21.8 Å². The highest BCUT2D eigenvalue weighted by Gasteiger charge is 2.22. The quantitative estimate of drug-likeness (QED) is 0.311. The molecule has 2 aromatic heterocycles. The molecule has 4 rings (SSSR count). The molecular formula is C26H25ClFN5O5S. The van der Waals surface area contributed by atoms with E-state index in [2.05, 4.69) is 20.0 Å². The minimum absolute atomic E-state index is 0.00909. The van der Waals surface area contributed by atoms with Crippen molar-refractivity contribution >= 4 is 44.1 Å². The van der Waals surface area contributed by atoms with Gasteiger partial charge in [-0.25, -0.2) is 22.8 Å². The lowest BCUT2D eigenvalue weighted by Gasteiger charge is -2.15. The van der Waals surface area contributed by atoms with Gasteiger partial charge in [0.15, 0.2) is 0 Å². The second-order valence-electron chi connectivity index (χ2n) is 8.61. The number of halogens is 2. The number of carbonyl (C=O) groups excluding carboxylic acids is 1. The summed E-state index contributed by atoms with van der Waals surface area (Å²) in [5, 5.41) is 2.64. The number of anilines is 1. The zero-order valence-electron chi connectivity index (χ0n) is 21.2. The maximum Gasteiger partial charge on any atom is 0.263 e. The van der Waals surface area contributed by atoms with Crippen molar-refractivity contribution in [2.24, 2.45) is 5.92 Å². The van der Waals surface area contributed by atoms with Gasteiger partial charge < -0.3 is 10.1 Å². The summed E-state index contributed by atoms with van der Waals surface area (Å²) in [4.78, 5) is 33.6. The molecule has 0 aliphatic carbocycles. The van der Waals surface area contributed by atoms with Gasteiger partial charge in [0.2, 0.25) is 11.8 Å². The van der Waals surface area contributed by atoms with E-state index >= 15 is 0 Å². The maximum absolute atomic E-state index is 13.4. The molecule has 39 heavy (non-hydrogen) atoms. The van der Waals surface area contributed by atoms with Crippen molar-refractivity contribution in [3.63, 3.8) is 0 Å². The smallest absolute Gasteiger partial charge is 0.263 e. The molecule has 4 aromatic rings. The van der Waals surface area contributed by atoms with E-state index in [-0.39, 0.29) is 39.5 Å². The van der Waals surface area contributed by atoms with Gasteiger partial charge in [0.1, 0.15) is 16.4 Å². The fourth-order valence-corrected chi connectivity index (χ4v) is 5.63. The Kier molecular flexibility index (Phi) is 8.17. The number of aromatic nitrogens is 3. The zero-order valence-corrected chi connectivity index (χ0v) is 22.8. The summed E-state index contributed by atoms with van der Waals surface area (Å²) in [6.07, 6.45) is 3.43. The first kappa shape index (κ1) is 28.0. The van der Waals surface area contributed by atoms with Crippen LogP contribution in [0, 0.1) is 11.7 Å². The Balaban J connectivity index is 1.73. The lowest BCUT2D eigenvalue weighted by atomic mass is 10.0. The van der Waals surface area contributed by atoms with Gasteiger partial charge in [0, 0.05) is 25.4 Å². The second-order valence-corrected chi connectivity index (χ2v) is 10.7. The Morgan fingerprint density at radius 2 is 1.92 bits per heavy atom. The number of hydrogen-bond acceptors (Lipinski definition) is 7. The molecule has 2 heterocycles. The molecule has 0 radical (unpaired) electrons. The molecule has 0 saturated heterocycles. The van der Waals surface area contributed by atoms with Crippen molar-refractivity contribution in [3.8, 4) is 17.0 Å². The van der Waals surface area contributed by atoms with Crippen LogP contribution < -0.4 is 20.3 Å². The minimum Gasteiger partial charge on any atom is -0.480 e. The largest absolute Gasteiger partial charge is 0.480 e. The van der Waals surface area contributed by atoms with Crippen LogP contribution in [0.1, 0.15) is 13.3 Å². The highest BCUT2D eigenvalue weighted by Crippen LogP contribution is 2.32. The predicted octanol–water partition coefficient (Wildman–Crippen LogP) is 3.83. The van der Waals surface area contributed by atoms with E-state index in [0.29, 0.717) is 28.5 Å². The first-order valence-corrected chi connectivity index (χ1v) is 13.7. The number of pyridine rings is 1. The topological polar surface area (TPSA) is 132 Å². The van der Waals surface area contributed by atoms with Crippen LogP contribution in [-0.4, -0.2) is 43.0 Å². The molecule has 1 amide bonds. The molecule has 0 unspecified atom stereocenters. The molecule has 0 fully saturated rings. The number of amides is 1. The number of rotatable bonds is 9. The monoisotopic (exact) mass is 573 g/mol. The number of sulfonamides is 1. The zero-order chi connectivity index (χ0) is 28.3. The van der Waals surface area contributed by atoms with E-state index in [1.54, 1.807) is 25.2 Å². The van der Waals surface area contributed by atoms with E-state index in [1.165, 1.54) is 30.3 Å². The van der Waals surface area contributed by atoms with Crippen LogP contribution in [0.15, 0.2) is 64.7 Å². The first-order chi connectivity index (χ1) is 18.6. The molecule has 2 aromatic carbocycles. The average Bonchev–Trinajstić information content (AvgIpc) is 2.91. The fourth-order valence-electron chi connectivity index (χ4n) is 4.05. The highest BCUT2D eigenvalue weighted by molar-refractivity contribution is 7.92.